The van der Waals surface area contributed by atoms with Gasteiger partial charge in [0.25, 0.3) is 0 Å². The lowest BCUT2D eigenvalue weighted by atomic mass is 9.32. The van der Waals surface area contributed by atoms with Crippen LogP contribution in [-0.2, 0) is 23.6 Å². The minimum absolute atomic E-state index is 0.00696. The summed E-state index contributed by atoms with van der Waals surface area (Å²) in [4.78, 5) is 26.7. The van der Waals surface area contributed by atoms with Crippen LogP contribution < -0.4 is 0 Å². The number of hydrogen-bond donors (Lipinski definition) is 0. The van der Waals surface area contributed by atoms with Gasteiger partial charge in [-0.25, -0.2) is 0 Å². The first-order valence-electron chi connectivity index (χ1n) is 17.4. The van der Waals surface area contributed by atoms with Crippen LogP contribution in [0.2, 0.25) is 5.31 Å². The van der Waals surface area contributed by atoms with Crippen LogP contribution in [0, 0.1) is 44.8 Å². The molecule has 1 aliphatic heterocycles. The second kappa shape index (κ2) is 9.23. The molecule has 0 aromatic carbocycles. The number of ketones is 1. The molecular weight excluding hydrogens is 535 g/mol. The van der Waals surface area contributed by atoms with Gasteiger partial charge < -0.3 is 14.0 Å². The number of rotatable bonds is 2. The average Bonchev–Trinajstić information content (AvgIpc) is 3.10. The molecule has 0 spiro atoms. The zero-order chi connectivity index (χ0) is 31.8. The zero-order valence-corrected chi connectivity index (χ0v) is 29.4. The lowest BCUT2D eigenvalue weighted by molar-refractivity contribution is -0.209. The summed E-state index contributed by atoms with van der Waals surface area (Å²) in [5.74, 6) is 0.853. The molecule has 9 atom stereocenters. The summed E-state index contributed by atoms with van der Waals surface area (Å²) >= 11 is 0. The molecule has 0 aromatic heterocycles. The molecule has 1 saturated heterocycles. The van der Waals surface area contributed by atoms with Crippen molar-refractivity contribution in [1.29, 1.82) is 0 Å². The Morgan fingerprint density at radius 2 is 1.44 bits per heavy atom. The first-order chi connectivity index (χ1) is 19.6. The molecule has 0 bridgehead atoms. The fraction of sp³-hybridized carbons (Fsp3) is 0.892. The van der Waals surface area contributed by atoms with Crippen molar-refractivity contribution in [2.45, 2.75) is 163 Å². The van der Waals surface area contributed by atoms with Crippen molar-refractivity contribution in [2.75, 3.05) is 0 Å². The highest BCUT2D eigenvalue weighted by Crippen LogP contribution is 2.76. The first kappa shape index (κ1) is 31.8. The summed E-state index contributed by atoms with van der Waals surface area (Å²) in [5.41, 5.74) is 0.548. The van der Waals surface area contributed by atoms with E-state index in [1.807, 2.05) is 0 Å². The molecule has 43 heavy (non-hydrogen) atoms. The lowest BCUT2D eigenvalue weighted by Crippen LogP contribution is -2.66. The third kappa shape index (κ3) is 4.16. The maximum atomic E-state index is 14.7. The highest BCUT2D eigenvalue weighted by atomic mass is 16.7. The van der Waals surface area contributed by atoms with Crippen molar-refractivity contribution >= 4 is 18.9 Å². The topological polar surface area (TPSA) is 61.8 Å². The van der Waals surface area contributed by atoms with E-state index in [4.69, 9.17) is 14.0 Å². The number of carbonyl (C=O) groups excluding carboxylic acids is 2. The minimum Gasteiger partial charge on any atom is -0.462 e. The van der Waals surface area contributed by atoms with Gasteiger partial charge in [-0.15, -0.1) is 0 Å². The Kier molecular flexibility index (Phi) is 6.84. The Balaban J connectivity index is 1.37. The van der Waals surface area contributed by atoms with Crippen LogP contribution in [0.4, 0.5) is 0 Å². The van der Waals surface area contributed by atoms with Crippen LogP contribution in [0.5, 0.6) is 0 Å². The van der Waals surface area contributed by atoms with Crippen LogP contribution in [0.3, 0.4) is 0 Å². The molecule has 0 amide bonds. The molecule has 6 heteroatoms. The fourth-order valence-corrected chi connectivity index (χ4v) is 11.9. The summed E-state index contributed by atoms with van der Waals surface area (Å²) in [5, 5.41) is -0.0993. The van der Waals surface area contributed by atoms with Crippen molar-refractivity contribution in [3.8, 4) is 0 Å². The number of fused-ring (bicyclic) bond motifs is 7. The molecule has 5 fully saturated rings. The second-order valence-corrected chi connectivity index (χ2v) is 18.9. The maximum absolute atomic E-state index is 14.7. The van der Waals surface area contributed by atoms with Gasteiger partial charge in [0, 0.05) is 23.6 Å². The molecule has 6 aliphatic rings. The number of carbonyl (C=O) groups is 2. The molecule has 5 nitrogen and oxygen atoms in total. The summed E-state index contributed by atoms with van der Waals surface area (Å²) in [6.45, 7) is 27.0. The summed E-state index contributed by atoms with van der Waals surface area (Å²) in [7, 11) is -0.234. The van der Waals surface area contributed by atoms with Crippen molar-refractivity contribution in [2.24, 2.45) is 44.8 Å². The van der Waals surface area contributed by atoms with E-state index < -0.39 is 0 Å². The normalized spacial score (nSPS) is 49.6. The molecule has 1 heterocycles. The van der Waals surface area contributed by atoms with E-state index in [1.165, 1.54) is 18.9 Å². The Bertz CT molecular complexity index is 1240. The summed E-state index contributed by atoms with van der Waals surface area (Å²) in [6.07, 6.45) is 11.6. The average molecular weight is 595 g/mol. The molecule has 0 unspecified atom stereocenters. The first-order valence-corrected chi connectivity index (χ1v) is 17.4. The predicted octanol–water partition coefficient (Wildman–Crippen LogP) is 8.75. The van der Waals surface area contributed by atoms with Gasteiger partial charge in [-0.3, -0.25) is 9.59 Å². The van der Waals surface area contributed by atoms with Gasteiger partial charge in [0.05, 0.1) is 11.2 Å². The van der Waals surface area contributed by atoms with E-state index in [9.17, 15) is 9.59 Å². The minimum atomic E-state index is -0.348. The summed E-state index contributed by atoms with van der Waals surface area (Å²) in [6, 6.07) is 0. The Morgan fingerprint density at radius 3 is 2.05 bits per heavy atom. The number of hydrogen-bond acceptors (Lipinski definition) is 5. The van der Waals surface area contributed by atoms with E-state index in [-0.39, 0.29) is 68.7 Å². The zero-order valence-electron chi connectivity index (χ0n) is 29.4. The molecule has 0 N–H and O–H groups in total. The van der Waals surface area contributed by atoms with Crippen molar-refractivity contribution in [3.63, 3.8) is 0 Å². The maximum Gasteiger partial charge on any atom is 0.464 e. The van der Waals surface area contributed by atoms with E-state index in [0.717, 1.165) is 51.4 Å². The Hall–Kier alpha value is -1.14. The van der Waals surface area contributed by atoms with Gasteiger partial charge in [0.1, 0.15) is 6.10 Å². The Morgan fingerprint density at radius 1 is 0.837 bits per heavy atom. The standard InChI is InChI=1S/C37H59BO5/c1-23(39)41-28-14-15-35(10)27(30(28,2)3)13-16-37(12)29(35)26(40)21-24-25-22-34(9,38-42-31(4,5)32(6,7)43-38)19-17-33(25,8)18-20-36(24,37)11/h21,25,27-29H,13-20,22H2,1-12H3/t25-,27-,28-,29+,33+,34+,35-,36+,37+/m0/s1. The lowest BCUT2D eigenvalue weighted by Gasteiger charge is -2.70. The molecule has 0 aromatic rings. The number of esters is 1. The van der Waals surface area contributed by atoms with E-state index in [0.29, 0.717) is 17.6 Å². The summed E-state index contributed by atoms with van der Waals surface area (Å²) < 4.78 is 19.3. The molecule has 0 radical (unpaired) electrons. The monoisotopic (exact) mass is 594 g/mol. The van der Waals surface area contributed by atoms with Gasteiger partial charge >= 0.3 is 13.1 Å². The highest BCUT2D eigenvalue weighted by molar-refractivity contribution is 6.49. The SMILES string of the molecule is CC(=O)O[C@H]1CC[C@]2(C)[C@H]3C(=O)C=C4[C@@H]5C[C@](C)(B6OC(C)(C)C(C)(C)O6)CC[C@]5(C)CC[C@@]4(C)[C@]3(C)CC[C@H]2C1(C)C. The van der Waals surface area contributed by atoms with E-state index >= 15 is 0 Å². The van der Waals surface area contributed by atoms with Gasteiger partial charge in [-0.2, -0.15) is 0 Å². The third-order valence-corrected chi connectivity index (χ3v) is 15.7. The van der Waals surface area contributed by atoms with Gasteiger partial charge in [-0.05, 0) is 125 Å². The molecule has 240 valence electrons. The van der Waals surface area contributed by atoms with Gasteiger partial charge in [-0.1, -0.05) is 54.0 Å². The highest BCUT2D eigenvalue weighted by Gasteiger charge is 2.71. The van der Waals surface area contributed by atoms with Crippen LogP contribution >= 0.6 is 0 Å². The fourth-order valence-electron chi connectivity index (χ4n) is 11.9. The van der Waals surface area contributed by atoms with Crippen LogP contribution in [0.15, 0.2) is 11.6 Å². The van der Waals surface area contributed by atoms with Crippen LogP contribution in [0.25, 0.3) is 0 Å². The van der Waals surface area contributed by atoms with Crippen LogP contribution in [0.1, 0.15) is 141 Å². The Labute approximate surface area is 262 Å². The van der Waals surface area contributed by atoms with Crippen molar-refractivity contribution in [3.05, 3.63) is 11.6 Å². The van der Waals surface area contributed by atoms with Crippen molar-refractivity contribution in [1.82, 2.24) is 0 Å². The smallest absolute Gasteiger partial charge is 0.462 e. The van der Waals surface area contributed by atoms with E-state index in [1.54, 1.807) is 0 Å². The predicted molar refractivity (Wildman–Crippen MR) is 171 cm³/mol. The van der Waals surface area contributed by atoms with E-state index in [2.05, 4.69) is 82.2 Å². The quantitative estimate of drug-likeness (QED) is 0.236. The van der Waals surface area contributed by atoms with Gasteiger partial charge in [0.15, 0.2) is 5.78 Å². The van der Waals surface area contributed by atoms with Crippen LogP contribution in [-0.4, -0.2) is 36.2 Å². The molecule has 6 rings (SSSR count). The molecule has 4 saturated carbocycles. The molecular formula is C37H59BO5. The third-order valence-electron chi connectivity index (χ3n) is 15.7. The number of ether oxygens (including phenoxy) is 1. The van der Waals surface area contributed by atoms with Crippen molar-refractivity contribution < 1.29 is 23.6 Å². The number of allylic oxidation sites excluding steroid dienone is 2. The largest absolute Gasteiger partial charge is 0.464 e. The second-order valence-electron chi connectivity index (χ2n) is 18.9. The molecule has 5 aliphatic carbocycles. The van der Waals surface area contributed by atoms with Gasteiger partial charge in [0.2, 0.25) is 0 Å².